The number of hydrogen-bond donors (Lipinski definition) is 3. The number of aryl methyl sites for hydroxylation is 1. The topological polar surface area (TPSA) is 74.5 Å². The fourth-order valence-electron chi connectivity index (χ4n) is 2.57. The van der Waals surface area contributed by atoms with Gasteiger partial charge in [0.1, 0.15) is 17.2 Å². The van der Waals surface area contributed by atoms with Crippen molar-refractivity contribution in [2.45, 2.75) is 39.8 Å². The lowest BCUT2D eigenvalue weighted by Gasteiger charge is -2.14. The summed E-state index contributed by atoms with van der Waals surface area (Å²) in [5.74, 6) is 0.486. The predicted octanol–water partition coefficient (Wildman–Crippen LogP) is 3.09. The van der Waals surface area contributed by atoms with Crippen LogP contribution in [0.15, 0.2) is 22.6 Å². The molecule has 1 aromatic carbocycles. The van der Waals surface area contributed by atoms with Crippen molar-refractivity contribution in [2.75, 3.05) is 6.54 Å². The van der Waals surface area contributed by atoms with Gasteiger partial charge in [-0.2, -0.15) is 0 Å². The molecule has 2 rings (SSSR count). The van der Waals surface area contributed by atoms with Gasteiger partial charge in [-0.05, 0) is 44.4 Å². The van der Waals surface area contributed by atoms with E-state index in [1.54, 1.807) is 13.0 Å². The molecule has 0 saturated carbocycles. The summed E-state index contributed by atoms with van der Waals surface area (Å²) in [6.45, 7) is 6.25. The average Bonchev–Trinajstić information content (AvgIpc) is 2.79. The Morgan fingerprint density at radius 1 is 1.35 bits per heavy atom. The van der Waals surface area contributed by atoms with Gasteiger partial charge in [-0.3, -0.25) is 0 Å². The van der Waals surface area contributed by atoms with Crippen LogP contribution in [0.1, 0.15) is 31.6 Å². The summed E-state index contributed by atoms with van der Waals surface area (Å²) in [5, 5.41) is 15.5. The van der Waals surface area contributed by atoms with Crippen LogP contribution in [-0.4, -0.2) is 23.8 Å². The first-order valence-electron chi connectivity index (χ1n) is 7.74. The van der Waals surface area contributed by atoms with Crippen molar-refractivity contribution < 1.29 is 18.7 Å². The third kappa shape index (κ3) is 4.69. The van der Waals surface area contributed by atoms with Crippen LogP contribution in [0, 0.1) is 18.7 Å². The molecule has 2 amide bonds. The molecule has 2 aromatic rings. The zero-order valence-electron chi connectivity index (χ0n) is 13.6. The highest BCUT2D eigenvalue weighted by Gasteiger charge is 2.13. The van der Waals surface area contributed by atoms with E-state index in [0.717, 1.165) is 5.56 Å². The van der Waals surface area contributed by atoms with E-state index >= 15 is 0 Å². The minimum Gasteiger partial charge on any atom is -0.459 e. The number of furan rings is 1. The van der Waals surface area contributed by atoms with E-state index in [0.29, 0.717) is 29.7 Å². The van der Waals surface area contributed by atoms with Crippen molar-refractivity contribution in [2.24, 2.45) is 5.92 Å². The van der Waals surface area contributed by atoms with Gasteiger partial charge in [-0.25, -0.2) is 9.18 Å². The summed E-state index contributed by atoms with van der Waals surface area (Å²) >= 11 is 0. The summed E-state index contributed by atoms with van der Waals surface area (Å²) in [6.07, 6.45) is 0.252. The first-order valence-corrected chi connectivity index (χ1v) is 7.74. The zero-order chi connectivity index (χ0) is 17.0. The van der Waals surface area contributed by atoms with Gasteiger partial charge in [-0.1, -0.05) is 6.92 Å². The van der Waals surface area contributed by atoms with Crippen molar-refractivity contribution in [3.63, 3.8) is 0 Å². The van der Waals surface area contributed by atoms with Crippen molar-refractivity contribution in [1.29, 1.82) is 0 Å². The quantitative estimate of drug-likeness (QED) is 0.765. The molecule has 1 heterocycles. The van der Waals surface area contributed by atoms with Gasteiger partial charge < -0.3 is 20.2 Å². The molecule has 2 atom stereocenters. The number of carbonyl (C=O) groups excluding carboxylic acids is 1. The molecule has 23 heavy (non-hydrogen) atoms. The number of halogens is 1. The largest absolute Gasteiger partial charge is 0.459 e. The van der Waals surface area contributed by atoms with E-state index < -0.39 is 0 Å². The third-order valence-electron chi connectivity index (χ3n) is 3.76. The fraction of sp³-hybridized carbons (Fsp3) is 0.471. The first-order chi connectivity index (χ1) is 10.9. The maximum Gasteiger partial charge on any atom is 0.315 e. The van der Waals surface area contributed by atoms with Crippen LogP contribution >= 0.6 is 0 Å². The van der Waals surface area contributed by atoms with Gasteiger partial charge in [0.2, 0.25) is 0 Å². The van der Waals surface area contributed by atoms with E-state index in [2.05, 4.69) is 10.6 Å². The highest BCUT2D eigenvalue weighted by atomic mass is 19.1. The summed E-state index contributed by atoms with van der Waals surface area (Å²) in [7, 11) is 0. The van der Waals surface area contributed by atoms with Gasteiger partial charge >= 0.3 is 6.03 Å². The maximum atomic E-state index is 13.3. The van der Waals surface area contributed by atoms with E-state index in [-0.39, 0.29) is 30.4 Å². The zero-order valence-corrected chi connectivity index (χ0v) is 13.6. The number of aliphatic hydroxyl groups is 1. The number of aliphatic hydroxyl groups excluding tert-OH is 1. The Balaban J connectivity index is 1.88. The number of hydrogen-bond acceptors (Lipinski definition) is 3. The van der Waals surface area contributed by atoms with Crippen LogP contribution in [0.3, 0.4) is 0 Å². The molecular formula is C17H23FN2O3. The molecule has 126 valence electrons. The summed E-state index contributed by atoms with van der Waals surface area (Å²) in [6, 6.07) is 4.06. The third-order valence-corrected chi connectivity index (χ3v) is 3.76. The molecule has 6 heteroatoms. The Morgan fingerprint density at radius 3 is 2.78 bits per heavy atom. The number of fused-ring (bicyclic) bond motifs is 1. The van der Waals surface area contributed by atoms with E-state index in [4.69, 9.17) is 4.42 Å². The fourth-order valence-corrected chi connectivity index (χ4v) is 2.57. The molecule has 0 bridgehead atoms. The molecule has 0 aliphatic heterocycles. The van der Waals surface area contributed by atoms with Crippen LogP contribution in [-0.2, 0) is 6.54 Å². The van der Waals surface area contributed by atoms with Gasteiger partial charge in [-0.15, -0.1) is 0 Å². The normalized spacial score (nSPS) is 13.8. The van der Waals surface area contributed by atoms with Gasteiger partial charge in [0.05, 0.1) is 12.6 Å². The molecule has 1 aromatic heterocycles. The predicted molar refractivity (Wildman–Crippen MR) is 86.6 cm³/mol. The lowest BCUT2D eigenvalue weighted by Crippen LogP contribution is -2.37. The minimum absolute atomic E-state index is 0.191. The molecule has 0 radical (unpaired) electrons. The molecular weight excluding hydrogens is 299 g/mol. The second-order valence-corrected chi connectivity index (χ2v) is 6.04. The minimum atomic E-state index is -0.381. The Kier molecular flexibility index (Phi) is 5.60. The van der Waals surface area contributed by atoms with Gasteiger partial charge in [0.15, 0.2) is 0 Å². The van der Waals surface area contributed by atoms with Crippen molar-refractivity contribution in [3.05, 3.63) is 35.3 Å². The number of nitrogens with one attached hydrogen (secondary N) is 2. The Hall–Kier alpha value is -2.08. The molecule has 0 aliphatic carbocycles. The summed E-state index contributed by atoms with van der Waals surface area (Å²) < 4.78 is 18.9. The monoisotopic (exact) mass is 322 g/mol. The molecule has 3 N–H and O–H groups in total. The lowest BCUT2D eigenvalue weighted by molar-refractivity contribution is 0.163. The second-order valence-electron chi connectivity index (χ2n) is 6.04. The second kappa shape index (κ2) is 7.46. The molecule has 5 nitrogen and oxygen atoms in total. The maximum absolute atomic E-state index is 13.3. The van der Waals surface area contributed by atoms with Crippen LogP contribution in [0.2, 0.25) is 0 Å². The van der Waals surface area contributed by atoms with Crippen LogP contribution < -0.4 is 10.6 Å². The number of rotatable bonds is 6. The molecule has 0 fully saturated rings. The standard InChI is InChI=1S/C17H23FN2O3/c1-10(6-11(2)21)8-19-17(22)20-9-16-12(3)14-7-13(18)4-5-15(14)23-16/h4-5,7,10-11,21H,6,8-9H2,1-3H3,(H2,19,20,22). The van der Waals surface area contributed by atoms with Crippen LogP contribution in [0.25, 0.3) is 11.0 Å². The van der Waals surface area contributed by atoms with Crippen molar-refractivity contribution in [3.8, 4) is 0 Å². The molecule has 0 saturated heterocycles. The molecule has 0 aliphatic rings. The average molecular weight is 322 g/mol. The molecule has 0 spiro atoms. The van der Waals surface area contributed by atoms with Gasteiger partial charge in [0.25, 0.3) is 0 Å². The van der Waals surface area contributed by atoms with Crippen molar-refractivity contribution >= 4 is 17.0 Å². The lowest BCUT2D eigenvalue weighted by atomic mass is 10.1. The molecule has 2 unspecified atom stereocenters. The van der Waals surface area contributed by atoms with Gasteiger partial charge in [0, 0.05) is 17.5 Å². The Morgan fingerprint density at radius 2 is 2.09 bits per heavy atom. The van der Waals surface area contributed by atoms with Crippen LogP contribution in [0.4, 0.5) is 9.18 Å². The van der Waals surface area contributed by atoms with E-state index in [1.807, 2.05) is 13.8 Å². The van der Waals surface area contributed by atoms with E-state index in [1.165, 1.54) is 12.1 Å². The highest BCUT2D eigenvalue weighted by molar-refractivity contribution is 5.82. The highest BCUT2D eigenvalue weighted by Crippen LogP contribution is 2.25. The summed E-state index contributed by atoms with van der Waals surface area (Å²) in [4.78, 5) is 11.8. The number of amides is 2. The van der Waals surface area contributed by atoms with Crippen molar-refractivity contribution in [1.82, 2.24) is 10.6 Å². The summed E-state index contributed by atoms with van der Waals surface area (Å²) in [5.41, 5.74) is 1.42. The Bertz CT molecular complexity index is 682. The first kappa shape index (κ1) is 17.3. The van der Waals surface area contributed by atoms with Crippen LogP contribution in [0.5, 0.6) is 0 Å². The SMILES string of the molecule is Cc1c(CNC(=O)NCC(C)CC(C)O)oc2ccc(F)cc12. The smallest absolute Gasteiger partial charge is 0.315 e. The number of carbonyl (C=O) groups is 1. The number of urea groups is 1. The Labute approximate surface area is 134 Å². The number of benzene rings is 1. The van der Waals surface area contributed by atoms with E-state index in [9.17, 15) is 14.3 Å².